The molecule has 0 spiro atoms. The van der Waals surface area contributed by atoms with Gasteiger partial charge in [0.15, 0.2) is 0 Å². The zero-order valence-electron chi connectivity index (χ0n) is 19.8. The molecule has 6 nitrogen and oxygen atoms in total. The second-order valence-electron chi connectivity index (χ2n) is 9.66. The summed E-state index contributed by atoms with van der Waals surface area (Å²) in [5.74, 6) is -1.61. The Kier molecular flexibility index (Phi) is 8.71. The average molecular weight is 519 g/mol. The lowest BCUT2D eigenvalue weighted by Crippen LogP contribution is -2.52. The Bertz CT molecular complexity index is 1030. The van der Waals surface area contributed by atoms with Gasteiger partial charge in [0.1, 0.15) is 0 Å². The highest BCUT2D eigenvalue weighted by atomic mass is 35.5. The number of hydrogen-bond acceptors (Lipinski definition) is 4. The maximum Gasteiger partial charge on any atom is 0.304 e. The summed E-state index contributed by atoms with van der Waals surface area (Å²) < 4.78 is 5.59. The van der Waals surface area contributed by atoms with E-state index in [9.17, 15) is 14.7 Å². The van der Waals surface area contributed by atoms with Gasteiger partial charge in [0, 0.05) is 47.1 Å². The van der Waals surface area contributed by atoms with E-state index in [0.29, 0.717) is 29.7 Å². The lowest BCUT2D eigenvalue weighted by atomic mass is 9.73. The Morgan fingerprint density at radius 1 is 1.14 bits per heavy atom. The maximum atomic E-state index is 12.9. The second kappa shape index (κ2) is 11.7. The van der Waals surface area contributed by atoms with Gasteiger partial charge in [-0.25, -0.2) is 0 Å². The fraction of sp³-hybridized carbons (Fsp3) is 0.481. The minimum atomic E-state index is -0.961. The minimum Gasteiger partial charge on any atom is -0.481 e. The molecular weight excluding hydrogens is 487 g/mol. The van der Waals surface area contributed by atoms with Crippen LogP contribution in [-0.4, -0.2) is 54.2 Å². The number of carboxylic acid groups (broad SMARTS) is 1. The van der Waals surface area contributed by atoms with Gasteiger partial charge >= 0.3 is 5.97 Å². The maximum absolute atomic E-state index is 12.9. The molecule has 188 valence electrons. The fourth-order valence-electron chi connectivity index (χ4n) is 5.52. The number of halogens is 2. The van der Waals surface area contributed by atoms with E-state index < -0.39 is 11.9 Å². The van der Waals surface area contributed by atoms with Gasteiger partial charge in [-0.05, 0) is 54.2 Å². The molecule has 2 fully saturated rings. The number of ether oxygens (including phenoxy) is 1. The minimum absolute atomic E-state index is 0.0266. The molecule has 1 amide bonds. The van der Waals surface area contributed by atoms with E-state index in [0.717, 1.165) is 25.1 Å². The molecule has 0 bridgehead atoms. The molecule has 0 saturated carbocycles. The molecule has 8 heteroatoms. The summed E-state index contributed by atoms with van der Waals surface area (Å²) in [4.78, 5) is 26.8. The van der Waals surface area contributed by atoms with Gasteiger partial charge in [0.05, 0.1) is 19.6 Å². The Morgan fingerprint density at radius 3 is 2.51 bits per heavy atom. The van der Waals surface area contributed by atoms with Crippen molar-refractivity contribution in [1.82, 2.24) is 10.2 Å². The third-order valence-corrected chi connectivity index (χ3v) is 7.79. The summed E-state index contributed by atoms with van der Waals surface area (Å²) in [6.45, 7) is 5.25. The van der Waals surface area contributed by atoms with Crippen LogP contribution in [0.2, 0.25) is 10.0 Å². The van der Waals surface area contributed by atoms with Gasteiger partial charge in [-0.2, -0.15) is 0 Å². The van der Waals surface area contributed by atoms with E-state index >= 15 is 0 Å². The van der Waals surface area contributed by atoms with Crippen molar-refractivity contribution in [2.45, 2.75) is 44.2 Å². The van der Waals surface area contributed by atoms with Crippen LogP contribution in [-0.2, 0) is 14.3 Å². The number of carbonyl (C=O) groups excluding carboxylic acids is 1. The van der Waals surface area contributed by atoms with Crippen LogP contribution in [0.3, 0.4) is 0 Å². The Morgan fingerprint density at radius 2 is 1.86 bits per heavy atom. The van der Waals surface area contributed by atoms with Crippen LogP contribution in [0.5, 0.6) is 0 Å². The number of hydrogen-bond donors (Lipinski definition) is 2. The van der Waals surface area contributed by atoms with E-state index in [2.05, 4.69) is 29.3 Å². The van der Waals surface area contributed by atoms with Crippen molar-refractivity contribution < 1.29 is 19.4 Å². The molecule has 2 aromatic rings. The number of carboxylic acids is 1. The molecule has 2 saturated heterocycles. The highest BCUT2D eigenvalue weighted by molar-refractivity contribution is 6.30. The summed E-state index contributed by atoms with van der Waals surface area (Å²) in [5.41, 5.74) is 2.22. The van der Waals surface area contributed by atoms with Crippen LogP contribution in [0.25, 0.3) is 0 Å². The largest absolute Gasteiger partial charge is 0.481 e. The van der Waals surface area contributed by atoms with Crippen LogP contribution in [0, 0.1) is 11.8 Å². The van der Waals surface area contributed by atoms with Crippen molar-refractivity contribution >= 4 is 35.1 Å². The number of amides is 1. The summed E-state index contributed by atoms with van der Waals surface area (Å²) in [6.07, 6.45) is 1.13. The zero-order chi connectivity index (χ0) is 24.9. The molecule has 0 aliphatic carbocycles. The molecule has 2 aromatic carbocycles. The molecule has 1 unspecified atom stereocenters. The summed E-state index contributed by atoms with van der Waals surface area (Å²) in [7, 11) is 0. The highest BCUT2D eigenvalue weighted by Gasteiger charge is 2.41. The first-order valence-electron chi connectivity index (χ1n) is 12.2. The standard InChI is InChI=1S/C27H32Cl2N2O4/c1-17(13-24(31-9-11-35-12-10-31)18-5-7-21(28)8-6-18)26-23(19-3-2-4-22(29)14-19)15-20(16-25(32)33)27(34)30-26/h2-8,14,17,20,23-24,26H,9-13,15-16H2,1H3,(H,30,34)(H,32,33)/t17?,20-,23-,24+,26+/m1/s1. The number of nitrogens with one attached hydrogen (secondary N) is 1. The Balaban J connectivity index is 1.61. The van der Waals surface area contributed by atoms with Crippen molar-refractivity contribution in [1.29, 1.82) is 0 Å². The van der Waals surface area contributed by atoms with E-state index in [1.807, 2.05) is 36.4 Å². The van der Waals surface area contributed by atoms with Gasteiger partial charge in [0.2, 0.25) is 5.91 Å². The molecule has 0 aromatic heterocycles. The van der Waals surface area contributed by atoms with Crippen LogP contribution in [0.15, 0.2) is 48.5 Å². The Hall–Kier alpha value is -2.12. The number of morpholine rings is 1. The van der Waals surface area contributed by atoms with Gasteiger partial charge < -0.3 is 15.2 Å². The smallest absolute Gasteiger partial charge is 0.304 e. The zero-order valence-corrected chi connectivity index (χ0v) is 21.3. The Labute approximate surface area is 216 Å². The van der Waals surface area contributed by atoms with E-state index in [1.54, 1.807) is 0 Å². The third-order valence-electron chi connectivity index (χ3n) is 7.30. The molecule has 2 N–H and O–H groups in total. The lowest BCUT2D eigenvalue weighted by molar-refractivity contribution is -0.142. The summed E-state index contributed by atoms with van der Waals surface area (Å²) >= 11 is 12.5. The molecule has 2 aliphatic heterocycles. The predicted octanol–water partition coefficient (Wildman–Crippen LogP) is 5.16. The molecular formula is C27H32Cl2N2O4. The van der Waals surface area contributed by atoms with Crippen molar-refractivity contribution in [2.24, 2.45) is 11.8 Å². The van der Waals surface area contributed by atoms with Crippen LogP contribution >= 0.6 is 23.2 Å². The third kappa shape index (κ3) is 6.56. The van der Waals surface area contributed by atoms with Gasteiger partial charge in [0.25, 0.3) is 0 Å². The monoisotopic (exact) mass is 518 g/mol. The van der Waals surface area contributed by atoms with Gasteiger partial charge in [-0.3, -0.25) is 14.5 Å². The molecule has 4 rings (SSSR count). The predicted molar refractivity (Wildman–Crippen MR) is 137 cm³/mol. The summed E-state index contributed by atoms with van der Waals surface area (Å²) in [6, 6.07) is 15.7. The average Bonchev–Trinajstić information content (AvgIpc) is 2.84. The van der Waals surface area contributed by atoms with Gasteiger partial charge in [-0.15, -0.1) is 0 Å². The van der Waals surface area contributed by atoms with Crippen LogP contribution in [0.4, 0.5) is 0 Å². The van der Waals surface area contributed by atoms with Crippen molar-refractivity contribution in [3.8, 4) is 0 Å². The molecule has 5 atom stereocenters. The first kappa shape index (κ1) is 26.0. The second-order valence-corrected chi connectivity index (χ2v) is 10.5. The van der Waals surface area contributed by atoms with E-state index in [-0.39, 0.29) is 36.2 Å². The molecule has 2 aliphatic rings. The first-order chi connectivity index (χ1) is 16.8. The molecule has 2 heterocycles. The summed E-state index contributed by atoms with van der Waals surface area (Å²) in [5, 5.41) is 13.9. The van der Waals surface area contributed by atoms with Crippen LogP contribution < -0.4 is 5.32 Å². The number of rotatable bonds is 8. The quantitative estimate of drug-likeness (QED) is 0.504. The van der Waals surface area contributed by atoms with Crippen molar-refractivity contribution in [3.63, 3.8) is 0 Å². The topological polar surface area (TPSA) is 78.9 Å². The van der Waals surface area contributed by atoms with E-state index in [4.69, 9.17) is 27.9 Å². The van der Waals surface area contributed by atoms with Gasteiger partial charge in [-0.1, -0.05) is 54.4 Å². The number of carbonyl (C=O) groups is 2. The number of piperidine rings is 1. The molecule has 35 heavy (non-hydrogen) atoms. The van der Waals surface area contributed by atoms with Crippen LogP contribution in [0.1, 0.15) is 49.3 Å². The van der Waals surface area contributed by atoms with Crippen molar-refractivity contribution in [3.05, 3.63) is 69.7 Å². The number of nitrogens with zero attached hydrogens (tertiary/aromatic N) is 1. The first-order valence-corrected chi connectivity index (χ1v) is 12.9. The van der Waals surface area contributed by atoms with Crippen molar-refractivity contribution in [2.75, 3.05) is 26.3 Å². The SMILES string of the molecule is CC(C[C@@H](c1ccc(Cl)cc1)N1CCOCC1)[C@@H]1NC(=O)[C@@H](CC(=O)O)C[C@@H]1c1cccc(Cl)c1. The normalized spacial score (nSPS) is 25.0. The fourth-order valence-corrected chi connectivity index (χ4v) is 5.84. The number of benzene rings is 2. The highest BCUT2D eigenvalue weighted by Crippen LogP contribution is 2.40. The lowest BCUT2D eigenvalue weighted by Gasteiger charge is -2.42. The number of aliphatic carboxylic acids is 1. The molecule has 0 radical (unpaired) electrons. The van der Waals surface area contributed by atoms with E-state index in [1.165, 1.54) is 5.56 Å².